The second-order valence-electron chi connectivity index (χ2n) is 11.1. The van der Waals surface area contributed by atoms with Crippen LogP contribution in [0, 0.1) is 20.8 Å². The van der Waals surface area contributed by atoms with Crippen LogP contribution in [-0.2, 0) is 11.0 Å². The second kappa shape index (κ2) is 10.8. The van der Waals surface area contributed by atoms with Gasteiger partial charge in [0.15, 0.2) is 0 Å². The van der Waals surface area contributed by atoms with Gasteiger partial charge in [-0.05, 0) is 49.7 Å². The van der Waals surface area contributed by atoms with Gasteiger partial charge < -0.3 is 19.1 Å². The molecule has 44 heavy (non-hydrogen) atoms. The van der Waals surface area contributed by atoms with Gasteiger partial charge in [0, 0.05) is 60.0 Å². The third-order valence-corrected chi connectivity index (χ3v) is 9.58. The Morgan fingerprint density at radius 3 is 2.39 bits per heavy atom. The minimum absolute atomic E-state index is 0.0259. The number of H-pyrrole nitrogens is 1. The number of hydrogen-bond acceptors (Lipinski definition) is 7. The number of rotatable bonds is 5. The highest BCUT2D eigenvalue weighted by Crippen LogP contribution is 2.42. The summed E-state index contributed by atoms with van der Waals surface area (Å²) in [4.78, 5) is 28.8. The van der Waals surface area contributed by atoms with Crippen molar-refractivity contribution in [3.05, 3.63) is 71.4 Å². The minimum atomic E-state index is -1.04. The number of carbonyl (C=O) groups is 1. The Morgan fingerprint density at radius 1 is 0.955 bits per heavy atom. The monoisotopic (exact) mass is 608 g/mol. The summed E-state index contributed by atoms with van der Waals surface area (Å²) in [6.07, 6.45) is 1.68. The summed E-state index contributed by atoms with van der Waals surface area (Å²) in [6.45, 7) is 7.94. The van der Waals surface area contributed by atoms with Gasteiger partial charge in [-0.1, -0.05) is 35.5 Å². The molecule has 7 rings (SSSR count). The molecule has 0 radical (unpaired) electrons. The number of methoxy groups -OCH3 is 1. The van der Waals surface area contributed by atoms with Gasteiger partial charge in [-0.15, -0.1) is 0 Å². The number of nitrogens with zero attached hydrogens (tertiary/aromatic N) is 5. The van der Waals surface area contributed by atoms with E-state index in [0.717, 1.165) is 66.5 Å². The molecule has 6 aromatic rings. The summed E-state index contributed by atoms with van der Waals surface area (Å²) in [7, 11) is 0.617. The molecular formula is C33H32N6O4S. The van der Waals surface area contributed by atoms with Crippen molar-refractivity contribution in [1.29, 1.82) is 0 Å². The average Bonchev–Trinajstić information content (AvgIpc) is 3.56. The third-order valence-electron chi connectivity index (χ3n) is 8.48. The molecule has 3 aromatic heterocycles. The van der Waals surface area contributed by atoms with E-state index in [1.165, 1.54) is 0 Å². The standard InChI is InChI=1S/C33H32N6O4S/c1-18-29(19(2)43-37-18)26-16-27-25(17-28(26)42-4)30-31(34-20(3)35-32(30)36-27)23-10-11-24(22-9-7-6-8-21(22)23)33(40)38-12-14-39(15-13-38)44(5)41/h6-11,16-17H,12-15H2,1-5H3,(H,34,35,36). The highest BCUT2D eigenvalue weighted by Gasteiger charge is 2.26. The maximum Gasteiger partial charge on any atom is 0.254 e. The van der Waals surface area contributed by atoms with Crippen LogP contribution in [0.25, 0.3) is 55.1 Å². The molecule has 11 heteroatoms. The highest BCUT2D eigenvalue weighted by atomic mass is 32.2. The topological polar surface area (TPSA) is 117 Å². The Bertz CT molecular complexity index is 2110. The molecule has 0 saturated carbocycles. The van der Waals surface area contributed by atoms with Crippen LogP contribution in [0.5, 0.6) is 5.75 Å². The Hall–Kier alpha value is -4.61. The van der Waals surface area contributed by atoms with Crippen LogP contribution in [0.1, 0.15) is 27.6 Å². The van der Waals surface area contributed by atoms with Crippen molar-refractivity contribution in [2.45, 2.75) is 20.8 Å². The Morgan fingerprint density at radius 2 is 1.70 bits per heavy atom. The number of ether oxygens (including phenoxy) is 1. The molecule has 10 nitrogen and oxygen atoms in total. The van der Waals surface area contributed by atoms with Crippen molar-refractivity contribution >= 4 is 49.6 Å². The van der Waals surface area contributed by atoms with Gasteiger partial charge in [0.05, 0.1) is 40.4 Å². The van der Waals surface area contributed by atoms with Crippen LogP contribution in [0.15, 0.2) is 53.1 Å². The lowest BCUT2D eigenvalue weighted by Gasteiger charge is -2.33. The lowest BCUT2D eigenvalue weighted by Crippen LogP contribution is -2.48. The van der Waals surface area contributed by atoms with Crippen LogP contribution in [0.4, 0.5) is 0 Å². The number of aromatic amines is 1. The molecule has 4 heterocycles. The predicted octanol–water partition coefficient (Wildman–Crippen LogP) is 5.57. The predicted molar refractivity (Wildman–Crippen MR) is 172 cm³/mol. The molecule has 1 N–H and O–H groups in total. The zero-order valence-electron chi connectivity index (χ0n) is 25.2. The van der Waals surface area contributed by atoms with Crippen LogP contribution >= 0.6 is 0 Å². The van der Waals surface area contributed by atoms with Crippen molar-refractivity contribution in [2.24, 2.45) is 0 Å². The summed E-state index contributed by atoms with van der Waals surface area (Å²) in [5, 5.41) is 7.74. The number of carbonyl (C=O) groups excluding carboxylic acids is 1. The summed E-state index contributed by atoms with van der Waals surface area (Å²) >= 11 is 0. The van der Waals surface area contributed by atoms with E-state index < -0.39 is 11.0 Å². The van der Waals surface area contributed by atoms with E-state index in [-0.39, 0.29) is 5.91 Å². The maximum absolute atomic E-state index is 13.8. The lowest BCUT2D eigenvalue weighted by molar-refractivity contribution is 0.0703. The van der Waals surface area contributed by atoms with Crippen LogP contribution in [0.3, 0.4) is 0 Å². The first-order valence-corrected chi connectivity index (χ1v) is 16.0. The molecule has 0 aliphatic carbocycles. The number of hydrogen-bond donors (Lipinski definition) is 1. The summed E-state index contributed by atoms with van der Waals surface area (Å²) in [5.41, 5.74) is 6.51. The van der Waals surface area contributed by atoms with Crippen molar-refractivity contribution in [3.63, 3.8) is 0 Å². The Kier molecular flexibility index (Phi) is 6.94. The largest absolute Gasteiger partial charge is 0.496 e. The van der Waals surface area contributed by atoms with E-state index in [2.05, 4.69) is 16.2 Å². The average molecular weight is 609 g/mol. The normalized spacial score (nSPS) is 15.0. The number of fused-ring (bicyclic) bond motifs is 4. The Labute approximate surface area is 256 Å². The molecule has 1 amide bonds. The van der Waals surface area contributed by atoms with Crippen LogP contribution < -0.4 is 4.74 Å². The Balaban J connectivity index is 1.39. The third kappa shape index (κ3) is 4.54. The van der Waals surface area contributed by atoms with Gasteiger partial charge in [0.2, 0.25) is 0 Å². The van der Waals surface area contributed by atoms with Crippen molar-refractivity contribution in [1.82, 2.24) is 29.3 Å². The highest BCUT2D eigenvalue weighted by molar-refractivity contribution is 7.81. The number of aromatic nitrogens is 4. The van der Waals surface area contributed by atoms with Gasteiger partial charge in [-0.2, -0.15) is 0 Å². The molecule has 0 bridgehead atoms. The first-order chi connectivity index (χ1) is 21.2. The molecule has 0 spiro atoms. The van der Waals surface area contributed by atoms with Gasteiger partial charge in [0.25, 0.3) is 5.91 Å². The van der Waals surface area contributed by atoms with Crippen LogP contribution in [-0.4, -0.2) is 79.0 Å². The first kappa shape index (κ1) is 28.2. The maximum atomic E-state index is 13.8. The smallest absolute Gasteiger partial charge is 0.254 e. The van der Waals surface area contributed by atoms with Gasteiger partial charge in [-0.3, -0.25) is 4.79 Å². The van der Waals surface area contributed by atoms with E-state index in [1.807, 2.05) is 72.4 Å². The summed E-state index contributed by atoms with van der Waals surface area (Å²) < 4.78 is 25.1. The number of amides is 1. The number of aryl methyl sites for hydroxylation is 3. The molecule has 224 valence electrons. The fourth-order valence-corrected chi connectivity index (χ4v) is 7.05. The van der Waals surface area contributed by atoms with E-state index in [1.54, 1.807) is 13.4 Å². The SMILES string of the molecule is COc1cc2c(cc1-c1c(C)noc1C)[nH]c1nc(C)nc(-c3ccc(C(=O)N4CCN(S(C)=O)CC4)c4ccccc34)c12. The molecule has 1 fully saturated rings. The quantitative estimate of drug-likeness (QED) is 0.272. The molecular weight excluding hydrogens is 576 g/mol. The van der Waals surface area contributed by atoms with E-state index >= 15 is 0 Å². The van der Waals surface area contributed by atoms with E-state index in [0.29, 0.717) is 43.3 Å². The zero-order chi connectivity index (χ0) is 30.7. The van der Waals surface area contributed by atoms with E-state index in [4.69, 9.17) is 19.2 Å². The fourth-order valence-electron chi connectivity index (χ4n) is 6.37. The van der Waals surface area contributed by atoms with Gasteiger partial charge >= 0.3 is 0 Å². The molecule has 1 unspecified atom stereocenters. The summed E-state index contributed by atoms with van der Waals surface area (Å²) in [5.74, 6) is 2.02. The first-order valence-electron chi connectivity index (χ1n) is 14.5. The van der Waals surface area contributed by atoms with Crippen LogP contribution in [0.2, 0.25) is 0 Å². The number of benzene rings is 3. The number of nitrogens with one attached hydrogen (secondary N) is 1. The zero-order valence-corrected chi connectivity index (χ0v) is 26.0. The molecule has 1 atom stereocenters. The second-order valence-corrected chi connectivity index (χ2v) is 12.5. The van der Waals surface area contributed by atoms with Crippen molar-refractivity contribution < 1.29 is 18.3 Å². The molecule has 1 aliphatic heterocycles. The fraction of sp³-hybridized carbons (Fsp3) is 0.273. The van der Waals surface area contributed by atoms with E-state index in [9.17, 15) is 9.00 Å². The van der Waals surface area contributed by atoms with Gasteiger partial charge in [0.1, 0.15) is 23.0 Å². The molecule has 3 aromatic carbocycles. The van der Waals surface area contributed by atoms with Crippen molar-refractivity contribution in [3.8, 4) is 28.1 Å². The minimum Gasteiger partial charge on any atom is -0.496 e. The summed E-state index contributed by atoms with van der Waals surface area (Å²) in [6, 6.07) is 15.9. The molecule has 1 aliphatic rings. The van der Waals surface area contributed by atoms with Crippen molar-refractivity contribution in [2.75, 3.05) is 39.5 Å². The number of piperazine rings is 1. The molecule has 1 saturated heterocycles. The lowest BCUT2D eigenvalue weighted by atomic mass is 9.94. The van der Waals surface area contributed by atoms with Gasteiger partial charge in [-0.25, -0.2) is 18.5 Å².